The summed E-state index contributed by atoms with van der Waals surface area (Å²) in [5, 5.41) is 4.10. The highest BCUT2D eigenvalue weighted by molar-refractivity contribution is 7.93. The van der Waals surface area contributed by atoms with Crippen LogP contribution >= 0.6 is 11.7 Å². The topological polar surface area (TPSA) is 89.8 Å². The fourth-order valence-electron chi connectivity index (χ4n) is 1.78. The average molecular weight is 309 g/mol. The third kappa shape index (κ3) is 2.25. The number of aryl methyl sites for hydroxylation is 1. The van der Waals surface area contributed by atoms with Crippen LogP contribution < -0.4 is 4.72 Å². The van der Waals surface area contributed by atoms with Gasteiger partial charge < -0.3 is 0 Å². The predicted octanol–water partition coefficient (Wildman–Crippen LogP) is 1.71. The van der Waals surface area contributed by atoms with E-state index >= 15 is 0 Å². The van der Waals surface area contributed by atoms with Gasteiger partial charge in [-0.05, 0) is 19.1 Å². The van der Waals surface area contributed by atoms with Gasteiger partial charge in [0.15, 0.2) is 5.82 Å². The van der Waals surface area contributed by atoms with Crippen molar-refractivity contribution in [3.05, 3.63) is 30.5 Å². The van der Waals surface area contributed by atoms with E-state index in [-0.39, 0.29) is 10.7 Å². The Kier molecular flexibility index (Phi) is 3.14. The standard InChI is InChI=1S/C11H11N5O2S2/c1-2-16-7-6-10(12-16)15-20(17,18)9-5-3-4-8-11(9)14-19-13-8/h3-7H,2H2,1H3,(H,12,15). The normalized spacial score (nSPS) is 11.8. The lowest BCUT2D eigenvalue weighted by molar-refractivity contribution is 0.601. The Bertz CT molecular complexity index is 852. The van der Waals surface area contributed by atoms with Crippen LogP contribution in [0.1, 0.15) is 6.92 Å². The highest BCUT2D eigenvalue weighted by Crippen LogP contribution is 2.22. The summed E-state index contributed by atoms with van der Waals surface area (Å²) in [7, 11) is -3.73. The van der Waals surface area contributed by atoms with E-state index in [1.807, 2.05) is 6.92 Å². The van der Waals surface area contributed by atoms with Crippen molar-refractivity contribution in [2.24, 2.45) is 0 Å². The molecule has 0 unspecified atom stereocenters. The number of hydrogen-bond acceptors (Lipinski definition) is 6. The molecule has 2 aromatic heterocycles. The van der Waals surface area contributed by atoms with E-state index < -0.39 is 10.0 Å². The van der Waals surface area contributed by atoms with Crippen LogP contribution in [0.4, 0.5) is 5.82 Å². The van der Waals surface area contributed by atoms with E-state index in [0.29, 0.717) is 17.6 Å². The third-order valence-electron chi connectivity index (χ3n) is 2.74. The number of anilines is 1. The van der Waals surface area contributed by atoms with Crippen LogP contribution in [-0.2, 0) is 16.6 Å². The first-order chi connectivity index (χ1) is 9.60. The molecule has 0 saturated carbocycles. The summed E-state index contributed by atoms with van der Waals surface area (Å²) in [4.78, 5) is 0.106. The molecule has 104 valence electrons. The number of nitrogens with one attached hydrogen (secondary N) is 1. The number of hydrogen-bond donors (Lipinski definition) is 1. The van der Waals surface area contributed by atoms with Crippen molar-refractivity contribution in [2.45, 2.75) is 18.4 Å². The molecule has 0 saturated heterocycles. The van der Waals surface area contributed by atoms with E-state index in [2.05, 4.69) is 18.6 Å². The number of fused-ring (bicyclic) bond motifs is 1. The van der Waals surface area contributed by atoms with E-state index in [9.17, 15) is 8.42 Å². The molecule has 0 aliphatic carbocycles. The Balaban J connectivity index is 2.01. The van der Waals surface area contributed by atoms with Crippen LogP contribution in [0.5, 0.6) is 0 Å². The van der Waals surface area contributed by atoms with Crippen LogP contribution in [0.3, 0.4) is 0 Å². The van der Waals surface area contributed by atoms with Crippen LogP contribution in [0, 0.1) is 0 Å². The van der Waals surface area contributed by atoms with Gasteiger partial charge in [0.05, 0.1) is 11.7 Å². The molecule has 0 atom stereocenters. The molecule has 0 radical (unpaired) electrons. The Morgan fingerprint density at radius 1 is 1.30 bits per heavy atom. The van der Waals surface area contributed by atoms with E-state index in [1.54, 1.807) is 29.1 Å². The molecule has 0 spiro atoms. The lowest BCUT2D eigenvalue weighted by Gasteiger charge is -2.05. The van der Waals surface area contributed by atoms with Crippen LogP contribution in [0.25, 0.3) is 11.0 Å². The highest BCUT2D eigenvalue weighted by atomic mass is 32.2. The van der Waals surface area contributed by atoms with Gasteiger partial charge >= 0.3 is 0 Å². The zero-order chi connectivity index (χ0) is 14.2. The second kappa shape index (κ2) is 4.84. The zero-order valence-electron chi connectivity index (χ0n) is 10.5. The molecule has 3 aromatic rings. The maximum absolute atomic E-state index is 12.4. The number of benzene rings is 1. The summed E-state index contributed by atoms with van der Waals surface area (Å²) in [6, 6.07) is 6.48. The molecule has 0 amide bonds. The Morgan fingerprint density at radius 3 is 2.90 bits per heavy atom. The number of aromatic nitrogens is 4. The van der Waals surface area contributed by atoms with Crippen molar-refractivity contribution in [2.75, 3.05) is 4.72 Å². The lowest BCUT2D eigenvalue weighted by Crippen LogP contribution is -2.14. The van der Waals surface area contributed by atoms with Gasteiger partial charge in [-0.1, -0.05) is 6.07 Å². The molecule has 2 heterocycles. The predicted molar refractivity (Wildman–Crippen MR) is 76.1 cm³/mol. The number of nitrogens with zero attached hydrogens (tertiary/aromatic N) is 4. The molecule has 20 heavy (non-hydrogen) atoms. The minimum absolute atomic E-state index is 0.106. The molecule has 0 fully saturated rings. The summed E-state index contributed by atoms with van der Waals surface area (Å²) < 4.78 is 36.9. The number of sulfonamides is 1. The largest absolute Gasteiger partial charge is 0.271 e. The van der Waals surface area contributed by atoms with Crippen molar-refractivity contribution in [3.63, 3.8) is 0 Å². The summed E-state index contributed by atoms with van der Waals surface area (Å²) in [6.07, 6.45) is 1.71. The molecule has 0 aliphatic rings. The molecule has 1 aromatic carbocycles. The first kappa shape index (κ1) is 13.0. The van der Waals surface area contributed by atoms with E-state index in [0.717, 1.165) is 11.7 Å². The van der Waals surface area contributed by atoms with E-state index in [1.165, 1.54) is 6.07 Å². The maximum atomic E-state index is 12.4. The Hall–Kier alpha value is -2.00. The van der Waals surface area contributed by atoms with Crippen molar-refractivity contribution in [1.29, 1.82) is 0 Å². The van der Waals surface area contributed by atoms with Crippen LogP contribution in [0.15, 0.2) is 35.4 Å². The van der Waals surface area contributed by atoms with Gasteiger partial charge in [0.2, 0.25) is 0 Å². The van der Waals surface area contributed by atoms with Gasteiger partial charge in [0.1, 0.15) is 15.9 Å². The van der Waals surface area contributed by atoms with Gasteiger partial charge in [-0.15, -0.1) is 0 Å². The molecule has 3 rings (SSSR count). The molecule has 0 aliphatic heterocycles. The van der Waals surface area contributed by atoms with Crippen molar-refractivity contribution < 1.29 is 8.42 Å². The SMILES string of the molecule is CCn1ccc(NS(=O)(=O)c2cccc3nsnc23)n1. The fraction of sp³-hybridized carbons (Fsp3) is 0.182. The highest BCUT2D eigenvalue weighted by Gasteiger charge is 2.20. The van der Waals surface area contributed by atoms with E-state index in [4.69, 9.17) is 0 Å². The molecule has 7 nitrogen and oxygen atoms in total. The molecule has 1 N–H and O–H groups in total. The van der Waals surface area contributed by atoms with Gasteiger partial charge in [0.25, 0.3) is 10.0 Å². The second-order valence-electron chi connectivity index (χ2n) is 4.05. The van der Waals surface area contributed by atoms with Crippen LogP contribution in [0.2, 0.25) is 0 Å². The first-order valence-electron chi connectivity index (χ1n) is 5.88. The monoisotopic (exact) mass is 309 g/mol. The van der Waals surface area contributed by atoms with Crippen molar-refractivity contribution in [3.8, 4) is 0 Å². The summed E-state index contributed by atoms with van der Waals surface area (Å²) in [6.45, 7) is 2.60. The molecular weight excluding hydrogens is 298 g/mol. The van der Waals surface area contributed by atoms with Crippen molar-refractivity contribution in [1.82, 2.24) is 18.5 Å². The molecule has 0 bridgehead atoms. The zero-order valence-corrected chi connectivity index (χ0v) is 12.1. The number of rotatable bonds is 4. The summed E-state index contributed by atoms with van der Waals surface area (Å²) in [5.74, 6) is 0.284. The summed E-state index contributed by atoms with van der Waals surface area (Å²) >= 11 is 0.985. The van der Waals surface area contributed by atoms with Gasteiger partial charge in [-0.25, -0.2) is 8.42 Å². The van der Waals surface area contributed by atoms with Crippen molar-refractivity contribution >= 4 is 38.6 Å². The van der Waals surface area contributed by atoms with Gasteiger partial charge in [-0.2, -0.15) is 13.8 Å². The molecular formula is C11H11N5O2S2. The Labute approximate surface area is 119 Å². The first-order valence-corrected chi connectivity index (χ1v) is 8.09. The summed E-state index contributed by atoms with van der Waals surface area (Å²) in [5.41, 5.74) is 0.942. The second-order valence-corrected chi connectivity index (χ2v) is 6.23. The third-order valence-corrected chi connectivity index (χ3v) is 4.67. The van der Waals surface area contributed by atoms with Gasteiger partial charge in [0, 0.05) is 18.8 Å². The Morgan fingerprint density at radius 2 is 2.15 bits per heavy atom. The lowest BCUT2D eigenvalue weighted by atomic mass is 10.3. The minimum Gasteiger partial charge on any atom is -0.271 e. The fourth-order valence-corrected chi connectivity index (χ4v) is 3.55. The van der Waals surface area contributed by atoms with Gasteiger partial charge in [-0.3, -0.25) is 9.40 Å². The molecule has 9 heteroatoms. The van der Waals surface area contributed by atoms with Crippen LogP contribution in [-0.4, -0.2) is 26.9 Å². The maximum Gasteiger partial charge on any atom is 0.265 e. The minimum atomic E-state index is -3.73. The quantitative estimate of drug-likeness (QED) is 0.792. The average Bonchev–Trinajstić information content (AvgIpc) is 3.05. The smallest absolute Gasteiger partial charge is 0.265 e.